The smallest absolute Gasteiger partial charge is 0.283 e. The molecule has 1 aromatic rings. The summed E-state index contributed by atoms with van der Waals surface area (Å²) >= 11 is 0. The van der Waals surface area contributed by atoms with Gasteiger partial charge in [0.15, 0.2) is 0 Å². The number of nitrogens with one attached hydrogen (secondary N) is 1. The molecule has 3 aliphatic heterocycles. The molecule has 3 amide bonds. The molecule has 0 bridgehead atoms. The molecule has 3 N–H and O–H groups in total. The van der Waals surface area contributed by atoms with Crippen molar-refractivity contribution in [1.29, 1.82) is 0 Å². The van der Waals surface area contributed by atoms with Crippen molar-refractivity contribution in [3.8, 4) is 0 Å². The van der Waals surface area contributed by atoms with Gasteiger partial charge in [-0.3, -0.25) is 24.0 Å². The van der Waals surface area contributed by atoms with Gasteiger partial charge in [0.1, 0.15) is 18.7 Å². The van der Waals surface area contributed by atoms with Crippen molar-refractivity contribution in [1.82, 2.24) is 15.1 Å². The van der Waals surface area contributed by atoms with Crippen LogP contribution in [0.15, 0.2) is 36.4 Å². The standard InChI is InChI=1S/C20H23N3O6/c1-13-17(26)22-11-5-8-15(22)20(28)23(13)18(27)19(12-24,29-20)21-16(25)10-9-14-6-3-2-4-7-14/h2-4,6-7,9-10,13,15,24,28H,5,8,11-12H2,1H3,(H,21,25)/t13-,15+,19-,20+/m1/s1. The third-order valence-corrected chi connectivity index (χ3v) is 5.72. The van der Waals surface area contributed by atoms with E-state index in [9.17, 15) is 24.6 Å². The summed E-state index contributed by atoms with van der Waals surface area (Å²) in [6, 6.07) is 7.34. The van der Waals surface area contributed by atoms with Gasteiger partial charge in [0.05, 0.1) is 0 Å². The first-order valence-electron chi connectivity index (χ1n) is 9.55. The fourth-order valence-electron chi connectivity index (χ4n) is 4.34. The maximum atomic E-state index is 13.1. The minimum atomic E-state index is -2.17. The van der Waals surface area contributed by atoms with Gasteiger partial charge in [-0.15, -0.1) is 0 Å². The zero-order valence-electron chi connectivity index (χ0n) is 15.9. The van der Waals surface area contributed by atoms with Crippen molar-refractivity contribution >= 4 is 23.8 Å². The van der Waals surface area contributed by atoms with E-state index >= 15 is 0 Å². The molecule has 3 saturated heterocycles. The van der Waals surface area contributed by atoms with Gasteiger partial charge >= 0.3 is 0 Å². The summed E-state index contributed by atoms with van der Waals surface area (Å²) in [5.41, 5.74) is -1.39. The number of benzene rings is 1. The van der Waals surface area contributed by atoms with E-state index in [0.29, 0.717) is 19.4 Å². The van der Waals surface area contributed by atoms with Gasteiger partial charge in [-0.2, -0.15) is 0 Å². The topological polar surface area (TPSA) is 119 Å². The number of amides is 3. The molecule has 0 spiro atoms. The third-order valence-electron chi connectivity index (χ3n) is 5.72. The van der Waals surface area contributed by atoms with E-state index in [-0.39, 0.29) is 5.91 Å². The fourth-order valence-corrected chi connectivity index (χ4v) is 4.34. The largest absolute Gasteiger partial charge is 0.391 e. The van der Waals surface area contributed by atoms with Gasteiger partial charge in [-0.05, 0) is 31.4 Å². The van der Waals surface area contributed by atoms with Crippen molar-refractivity contribution in [3.63, 3.8) is 0 Å². The van der Waals surface area contributed by atoms with E-state index in [1.165, 1.54) is 17.9 Å². The molecule has 0 unspecified atom stereocenters. The Morgan fingerprint density at radius 3 is 2.76 bits per heavy atom. The Morgan fingerprint density at radius 1 is 1.34 bits per heavy atom. The molecule has 154 valence electrons. The average Bonchev–Trinajstić information content (AvgIpc) is 3.29. The molecule has 9 nitrogen and oxygen atoms in total. The highest BCUT2D eigenvalue weighted by atomic mass is 16.7. The summed E-state index contributed by atoms with van der Waals surface area (Å²) in [7, 11) is 0. The number of carbonyl (C=O) groups excluding carboxylic acids is 3. The van der Waals surface area contributed by atoms with Crippen LogP contribution in [0.5, 0.6) is 0 Å². The lowest BCUT2D eigenvalue weighted by atomic mass is 10.0. The number of fused-ring (bicyclic) bond motifs is 3. The average molecular weight is 401 g/mol. The Kier molecular flexibility index (Phi) is 4.68. The zero-order valence-corrected chi connectivity index (χ0v) is 15.9. The van der Waals surface area contributed by atoms with Gasteiger partial charge < -0.3 is 20.4 Å². The SMILES string of the molecule is C[C@@H]1C(=O)N2CCC[C@H]2[C@]2(O)O[C@@](CO)(NC(=O)C=Cc3ccccc3)C(=O)N12. The van der Waals surface area contributed by atoms with Crippen LogP contribution in [0.3, 0.4) is 0 Å². The highest BCUT2D eigenvalue weighted by molar-refractivity contribution is 6.00. The van der Waals surface area contributed by atoms with Gasteiger partial charge in [0, 0.05) is 12.6 Å². The maximum absolute atomic E-state index is 13.1. The molecule has 0 radical (unpaired) electrons. The summed E-state index contributed by atoms with van der Waals surface area (Å²) < 4.78 is 5.68. The Labute approximate surface area is 167 Å². The van der Waals surface area contributed by atoms with Gasteiger partial charge in [0.25, 0.3) is 11.8 Å². The second kappa shape index (κ2) is 6.94. The van der Waals surface area contributed by atoms with E-state index < -0.39 is 42.1 Å². The molecule has 3 heterocycles. The molecule has 4 atom stereocenters. The lowest BCUT2D eigenvalue weighted by Crippen LogP contribution is -2.70. The van der Waals surface area contributed by atoms with Crippen molar-refractivity contribution in [2.24, 2.45) is 0 Å². The van der Waals surface area contributed by atoms with Crippen molar-refractivity contribution in [2.75, 3.05) is 13.2 Å². The number of ether oxygens (including phenoxy) is 1. The summed E-state index contributed by atoms with van der Waals surface area (Å²) in [6.07, 6.45) is 3.87. The maximum Gasteiger partial charge on any atom is 0.283 e. The number of hydrogen-bond acceptors (Lipinski definition) is 6. The zero-order chi connectivity index (χ0) is 20.8. The Bertz CT molecular complexity index is 874. The Hall–Kier alpha value is -2.75. The van der Waals surface area contributed by atoms with E-state index in [4.69, 9.17) is 4.74 Å². The quantitative estimate of drug-likeness (QED) is 0.580. The summed E-state index contributed by atoms with van der Waals surface area (Å²) in [6.45, 7) is 1.07. The Morgan fingerprint density at radius 2 is 2.07 bits per heavy atom. The fraction of sp³-hybridized carbons (Fsp3) is 0.450. The summed E-state index contributed by atoms with van der Waals surface area (Å²) in [4.78, 5) is 40.6. The van der Waals surface area contributed by atoms with Crippen LogP contribution in [-0.4, -0.2) is 74.6 Å². The van der Waals surface area contributed by atoms with E-state index in [1.54, 1.807) is 18.2 Å². The van der Waals surface area contributed by atoms with Crippen LogP contribution in [0.2, 0.25) is 0 Å². The molecular weight excluding hydrogens is 378 g/mol. The second-order valence-corrected chi connectivity index (χ2v) is 7.52. The molecular formula is C20H23N3O6. The molecule has 1 aromatic carbocycles. The van der Waals surface area contributed by atoms with Crippen LogP contribution in [0.1, 0.15) is 25.3 Å². The predicted octanol–water partition coefficient (Wildman–Crippen LogP) is -0.597. The van der Waals surface area contributed by atoms with Crippen LogP contribution in [0.25, 0.3) is 6.08 Å². The van der Waals surface area contributed by atoms with Crippen molar-refractivity contribution < 1.29 is 29.3 Å². The van der Waals surface area contributed by atoms with Gasteiger partial charge in [-0.1, -0.05) is 30.3 Å². The summed E-state index contributed by atoms with van der Waals surface area (Å²) in [5, 5.41) is 23.6. The van der Waals surface area contributed by atoms with Crippen LogP contribution in [-0.2, 0) is 19.1 Å². The minimum absolute atomic E-state index is 0.293. The third kappa shape index (κ3) is 2.93. The van der Waals surface area contributed by atoms with E-state index in [1.807, 2.05) is 18.2 Å². The lowest BCUT2D eigenvalue weighted by molar-refractivity contribution is -0.318. The number of nitrogens with zero attached hydrogens (tertiary/aromatic N) is 2. The molecule has 9 heteroatoms. The van der Waals surface area contributed by atoms with Crippen LogP contribution in [0.4, 0.5) is 0 Å². The highest BCUT2D eigenvalue weighted by Crippen LogP contribution is 2.44. The number of aliphatic hydroxyl groups excluding tert-OH is 1. The number of piperazine rings is 1. The first-order valence-corrected chi connectivity index (χ1v) is 9.55. The molecule has 29 heavy (non-hydrogen) atoms. The number of carbonyl (C=O) groups is 3. The Balaban J connectivity index is 1.61. The highest BCUT2D eigenvalue weighted by Gasteiger charge is 2.70. The molecule has 0 saturated carbocycles. The first-order chi connectivity index (χ1) is 13.8. The number of aliphatic hydroxyl groups is 2. The van der Waals surface area contributed by atoms with Gasteiger partial charge in [0.2, 0.25) is 17.5 Å². The number of hydrogen-bond donors (Lipinski definition) is 3. The lowest BCUT2D eigenvalue weighted by Gasteiger charge is -2.47. The van der Waals surface area contributed by atoms with Crippen LogP contribution >= 0.6 is 0 Å². The molecule has 4 rings (SSSR count). The van der Waals surface area contributed by atoms with Crippen molar-refractivity contribution in [3.05, 3.63) is 42.0 Å². The molecule has 3 fully saturated rings. The summed E-state index contributed by atoms with van der Waals surface area (Å²) in [5.74, 6) is -3.93. The monoisotopic (exact) mass is 401 g/mol. The minimum Gasteiger partial charge on any atom is -0.391 e. The molecule has 0 aromatic heterocycles. The van der Waals surface area contributed by atoms with Gasteiger partial charge in [-0.25, -0.2) is 0 Å². The van der Waals surface area contributed by atoms with Crippen molar-refractivity contribution in [2.45, 2.75) is 43.5 Å². The van der Waals surface area contributed by atoms with Crippen LogP contribution in [0, 0.1) is 0 Å². The first kappa shape index (κ1) is 19.6. The van der Waals surface area contributed by atoms with E-state index in [2.05, 4.69) is 5.32 Å². The number of rotatable bonds is 4. The van der Waals surface area contributed by atoms with Crippen LogP contribution < -0.4 is 5.32 Å². The normalized spacial score (nSPS) is 33.9. The predicted molar refractivity (Wildman–Crippen MR) is 101 cm³/mol. The molecule has 0 aliphatic carbocycles. The second-order valence-electron chi connectivity index (χ2n) is 7.52. The molecule has 3 aliphatic rings. The van der Waals surface area contributed by atoms with E-state index in [0.717, 1.165) is 10.5 Å².